The quantitative estimate of drug-likeness (QED) is 0.113. The van der Waals surface area contributed by atoms with Crippen LogP contribution in [0, 0.1) is 13.8 Å². The molecule has 386 valence electrons. The number of hydrogen-bond donors (Lipinski definition) is 5. The molecule has 1 saturated carbocycles. The first kappa shape index (κ1) is 48.3. The summed E-state index contributed by atoms with van der Waals surface area (Å²) < 4.78 is 26.8. The van der Waals surface area contributed by atoms with Crippen LogP contribution < -0.4 is 31.2 Å². The molecule has 3 fully saturated rings. The molecule has 74 heavy (non-hydrogen) atoms. The molecule has 4 aliphatic rings. The van der Waals surface area contributed by atoms with E-state index in [9.17, 15) is 19.2 Å². The van der Waals surface area contributed by atoms with Crippen LogP contribution in [0.5, 0.6) is 11.5 Å². The maximum absolute atomic E-state index is 14.4. The van der Waals surface area contributed by atoms with Gasteiger partial charge in [0, 0.05) is 61.3 Å². The molecule has 7 aromatic rings. The maximum atomic E-state index is 14.4. The lowest BCUT2D eigenvalue weighted by molar-refractivity contribution is -0.0534. The van der Waals surface area contributed by atoms with E-state index in [2.05, 4.69) is 51.7 Å². The summed E-state index contributed by atoms with van der Waals surface area (Å²) in [5.74, 6) is 0.180. The highest BCUT2D eigenvalue weighted by Gasteiger charge is 2.42. The first-order chi connectivity index (χ1) is 35.9. The van der Waals surface area contributed by atoms with Gasteiger partial charge in [0.05, 0.1) is 41.7 Å². The van der Waals surface area contributed by atoms with Crippen molar-refractivity contribution in [1.29, 1.82) is 0 Å². The normalized spacial score (nSPS) is 21.6. The molecule has 2 unspecified atom stereocenters. The van der Waals surface area contributed by atoms with E-state index in [1.165, 1.54) is 0 Å². The Morgan fingerprint density at radius 3 is 1.73 bits per heavy atom. The Balaban J connectivity index is 1.01. The lowest BCUT2D eigenvalue weighted by atomic mass is 9.85. The van der Waals surface area contributed by atoms with E-state index < -0.39 is 17.7 Å². The van der Waals surface area contributed by atoms with Gasteiger partial charge in [0.15, 0.2) is 5.82 Å². The number of nitrogens with two attached hydrogens (primary N) is 1. The number of allylic oxidation sites excluding steroid dienone is 2. The summed E-state index contributed by atoms with van der Waals surface area (Å²) in [6.45, 7) is 10.1. The number of aromatic nitrogens is 12. The number of ether oxygens (including phenoxy) is 3. The number of amides is 4. The molecule has 24 heteroatoms. The smallest absolute Gasteiger partial charge is 0.276 e. The van der Waals surface area contributed by atoms with Gasteiger partial charge in [0.1, 0.15) is 47.1 Å². The average Bonchev–Trinajstić information content (AvgIpc) is 4.27. The first-order valence-electron chi connectivity index (χ1n) is 25.3. The Bertz CT molecular complexity index is 3290. The highest BCUT2D eigenvalue weighted by molar-refractivity contribution is 6.05. The Hall–Kier alpha value is -7.99. The van der Waals surface area contributed by atoms with Crippen molar-refractivity contribution in [1.82, 2.24) is 69.5 Å². The van der Waals surface area contributed by atoms with Crippen LogP contribution in [0.15, 0.2) is 48.6 Å². The van der Waals surface area contributed by atoms with Crippen LogP contribution in [0.1, 0.15) is 117 Å². The number of fused-ring (bicyclic) bond motifs is 2. The zero-order valence-electron chi connectivity index (χ0n) is 41.7. The second-order valence-electron chi connectivity index (χ2n) is 19.4. The van der Waals surface area contributed by atoms with Gasteiger partial charge in [-0.2, -0.15) is 15.4 Å². The molecule has 4 amide bonds. The minimum Gasteiger partial charge on any atom is -0.490 e. The number of rotatable bonds is 11. The molecule has 6 N–H and O–H groups in total. The second-order valence-corrected chi connectivity index (χ2v) is 19.4. The molecule has 3 aliphatic heterocycles. The fourth-order valence-electron chi connectivity index (χ4n) is 11.1. The molecule has 0 radical (unpaired) electrons. The number of imidazole rings is 2. The van der Waals surface area contributed by atoms with Crippen LogP contribution >= 0.6 is 0 Å². The standard InChI is InChI=1S/C50H59N17O7/c1-5-65-38(17-27(3)59-65)47(70)55-49-53-36-19-30(44(51)68)21-40-42(36)63(49)15-7-8-16-64-43-37(54-50(64)56-48(71)39-18-28(4)60-66(39)6-2)20-31(46(69)52-32-11-9-29(10-12-32)45-57-61-62-58-45)22-41(43)74-26-35(25-73-40)67-33-13-14-34(67)24-72-23-33/h7-8,17-22,29,32-35H,5-6,9-16,23-26H2,1-4H3,(H2,51,68)(H,52,69)(H,53,55,70)(H,54,56,71)(H,57,58,61,62)/b8-7+/t29?,32?,33?,34?,35-/m0/s1. The fourth-order valence-corrected chi connectivity index (χ4v) is 11.1. The van der Waals surface area contributed by atoms with Crippen molar-refractivity contribution in [2.24, 2.45) is 5.73 Å². The van der Waals surface area contributed by atoms with Crippen LogP contribution in [-0.2, 0) is 30.9 Å². The highest BCUT2D eigenvalue weighted by atomic mass is 16.5. The predicted octanol–water partition coefficient (Wildman–Crippen LogP) is 4.27. The number of tetrazole rings is 1. The Kier molecular flexibility index (Phi) is 13.1. The van der Waals surface area contributed by atoms with Gasteiger partial charge in [-0.15, -0.1) is 10.2 Å². The van der Waals surface area contributed by atoms with Gasteiger partial charge in [0.2, 0.25) is 17.8 Å². The number of hydrogen-bond acceptors (Lipinski definition) is 15. The number of nitrogens with zero attached hydrogens (tertiary/aromatic N) is 12. The summed E-state index contributed by atoms with van der Waals surface area (Å²) in [6.07, 6.45) is 8.71. The number of primary amides is 1. The van der Waals surface area contributed by atoms with Crippen molar-refractivity contribution >= 4 is 57.6 Å². The number of carbonyl (C=O) groups is 4. The van der Waals surface area contributed by atoms with Crippen molar-refractivity contribution in [2.45, 2.75) is 122 Å². The van der Waals surface area contributed by atoms with E-state index in [1.807, 2.05) is 49.0 Å². The number of anilines is 2. The Morgan fingerprint density at radius 1 is 0.676 bits per heavy atom. The number of morpholine rings is 1. The van der Waals surface area contributed by atoms with Crippen molar-refractivity contribution in [3.8, 4) is 11.5 Å². The van der Waals surface area contributed by atoms with Crippen molar-refractivity contribution < 1.29 is 33.4 Å². The van der Waals surface area contributed by atoms with Crippen molar-refractivity contribution in [3.05, 3.63) is 88.3 Å². The van der Waals surface area contributed by atoms with Gasteiger partial charge in [0.25, 0.3) is 17.7 Å². The van der Waals surface area contributed by atoms with Crippen molar-refractivity contribution in [2.75, 3.05) is 37.1 Å². The summed E-state index contributed by atoms with van der Waals surface area (Å²) in [7, 11) is 0. The van der Waals surface area contributed by atoms with Gasteiger partial charge in [-0.3, -0.25) is 44.1 Å². The van der Waals surface area contributed by atoms with E-state index in [0.717, 1.165) is 38.5 Å². The molecular formula is C50H59N17O7. The molecule has 3 atom stereocenters. The number of carbonyl (C=O) groups excluding carboxylic acids is 4. The number of aryl methyl sites for hydroxylation is 4. The van der Waals surface area contributed by atoms with Crippen molar-refractivity contribution in [3.63, 3.8) is 0 Å². The number of H-pyrrole nitrogens is 1. The molecule has 0 spiro atoms. The number of aromatic amines is 1. The predicted molar refractivity (Wildman–Crippen MR) is 269 cm³/mol. The molecule has 1 aliphatic carbocycles. The number of nitrogens with one attached hydrogen (secondary N) is 4. The zero-order valence-corrected chi connectivity index (χ0v) is 41.7. The van der Waals surface area contributed by atoms with Gasteiger partial charge in [-0.05, 0) is 103 Å². The summed E-state index contributed by atoms with van der Waals surface area (Å²) in [6, 6.07) is 9.82. The third-order valence-corrected chi connectivity index (χ3v) is 14.6. The minimum atomic E-state index is -0.673. The highest BCUT2D eigenvalue weighted by Crippen LogP contribution is 2.37. The van der Waals surface area contributed by atoms with Gasteiger partial charge >= 0.3 is 0 Å². The van der Waals surface area contributed by atoms with E-state index in [-0.39, 0.29) is 79.8 Å². The maximum Gasteiger partial charge on any atom is 0.276 e. The van der Waals surface area contributed by atoms with Gasteiger partial charge in [-0.25, -0.2) is 9.97 Å². The zero-order chi connectivity index (χ0) is 51.2. The third kappa shape index (κ3) is 9.33. The second kappa shape index (κ2) is 20.1. The summed E-state index contributed by atoms with van der Waals surface area (Å²) >= 11 is 0. The molecule has 11 rings (SSSR count). The van der Waals surface area contributed by atoms with Gasteiger partial charge in [-0.1, -0.05) is 17.4 Å². The Morgan fingerprint density at radius 2 is 1.22 bits per heavy atom. The Labute approximate surface area is 424 Å². The third-order valence-electron chi connectivity index (χ3n) is 14.6. The van der Waals surface area contributed by atoms with E-state index in [0.29, 0.717) is 94.0 Å². The molecule has 2 aromatic carbocycles. The molecule has 2 bridgehead atoms. The molecular weight excluding hydrogens is 951 g/mol. The average molecular weight is 1010 g/mol. The molecule has 5 aromatic heterocycles. The van der Waals surface area contributed by atoms with Crippen LogP contribution in [0.25, 0.3) is 22.1 Å². The topological polar surface area (TPSA) is 287 Å². The van der Waals surface area contributed by atoms with Gasteiger partial charge < -0.3 is 34.4 Å². The monoisotopic (exact) mass is 1010 g/mol. The minimum absolute atomic E-state index is 0.0848. The fraction of sp³-hybridized carbons (Fsp3) is 0.460. The van der Waals surface area contributed by atoms with E-state index >= 15 is 0 Å². The molecule has 8 heterocycles. The summed E-state index contributed by atoms with van der Waals surface area (Å²) in [5.41, 5.74) is 10.4. The SMILES string of the molecule is CCn1nc(C)cc1C(=O)Nc1nc2cc(C(N)=O)cc3c2n1C/C=C/Cn1c(NC(=O)c2cc(C)nn2CC)nc2cc(C(=O)NC4CCC(c5nn[nH]n5)CC4)cc(c21)OC[C@@H](N1C2CCC1COC2)CO3. The number of benzene rings is 2. The summed E-state index contributed by atoms with van der Waals surface area (Å²) in [4.78, 5) is 67.8. The van der Waals surface area contributed by atoms with E-state index in [1.54, 1.807) is 45.8 Å². The molecule has 2 saturated heterocycles. The van der Waals surface area contributed by atoms with Crippen LogP contribution in [0.4, 0.5) is 11.9 Å². The largest absolute Gasteiger partial charge is 0.490 e. The lowest BCUT2D eigenvalue weighted by Crippen LogP contribution is -2.55. The van der Waals surface area contributed by atoms with Crippen LogP contribution in [-0.4, -0.2) is 138 Å². The van der Waals surface area contributed by atoms with E-state index in [4.69, 9.17) is 29.9 Å². The summed E-state index contributed by atoms with van der Waals surface area (Å²) in [5, 5.41) is 33.0. The first-order valence-corrected chi connectivity index (χ1v) is 25.3. The lowest BCUT2D eigenvalue weighted by Gasteiger charge is -2.40. The molecule has 24 nitrogen and oxygen atoms in total. The van der Waals surface area contributed by atoms with Crippen LogP contribution in [0.2, 0.25) is 0 Å². The van der Waals surface area contributed by atoms with Crippen LogP contribution in [0.3, 0.4) is 0 Å².